The summed E-state index contributed by atoms with van der Waals surface area (Å²) in [6.45, 7) is 8.38. The number of anilines is 1. The van der Waals surface area contributed by atoms with Gasteiger partial charge in [0.1, 0.15) is 6.33 Å². The molecule has 6 rings (SSSR count). The number of nitrogens with zero attached hydrogens (tertiary/aromatic N) is 5. The minimum atomic E-state index is -0.504. The highest BCUT2D eigenvalue weighted by molar-refractivity contribution is 5.99. The molecule has 0 bridgehead atoms. The van der Waals surface area contributed by atoms with Crippen LogP contribution in [0.25, 0.3) is 27.3 Å². The van der Waals surface area contributed by atoms with E-state index >= 15 is 0 Å². The highest BCUT2D eigenvalue weighted by Gasteiger charge is 2.25. The van der Waals surface area contributed by atoms with E-state index in [-0.39, 0.29) is 24.8 Å². The van der Waals surface area contributed by atoms with E-state index in [1.165, 1.54) is 22.0 Å². The molecule has 198 valence electrons. The molecule has 1 saturated heterocycles. The number of aromatic nitrogens is 3. The van der Waals surface area contributed by atoms with Crippen LogP contribution in [0, 0.1) is 6.92 Å². The Morgan fingerprint density at radius 2 is 1.76 bits per heavy atom. The predicted octanol–water partition coefficient (Wildman–Crippen LogP) is 5.04. The summed E-state index contributed by atoms with van der Waals surface area (Å²) in [5.41, 5.74) is 12.3. The molecule has 1 aliphatic rings. The van der Waals surface area contributed by atoms with Crippen LogP contribution in [0.15, 0.2) is 67.0 Å². The highest BCUT2D eigenvalue weighted by Crippen LogP contribution is 2.29. The molecule has 0 aliphatic carbocycles. The zero-order chi connectivity index (χ0) is 24.8. The van der Waals surface area contributed by atoms with E-state index in [1.54, 1.807) is 6.33 Å². The lowest BCUT2D eigenvalue weighted by atomic mass is 10.0. The predicted molar refractivity (Wildman–Crippen MR) is 159 cm³/mol. The Hall–Kier alpha value is -3.39. The van der Waals surface area contributed by atoms with E-state index in [4.69, 9.17) is 10.7 Å². The van der Waals surface area contributed by atoms with Gasteiger partial charge in [0.2, 0.25) is 0 Å². The van der Waals surface area contributed by atoms with Crippen molar-refractivity contribution in [2.24, 2.45) is 5.73 Å². The fourth-order valence-corrected chi connectivity index (χ4v) is 5.61. The lowest BCUT2D eigenvalue weighted by molar-refractivity contribution is 0.0997. The number of aryl methyl sites for hydroxylation is 1. The second kappa shape index (κ2) is 11.2. The zero-order valence-electron chi connectivity index (χ0n) is 21.5. The van der Waals surface area contributed by atoms with E-state index in [9.17, 15) is 4.79 Å². The monoisotopic (exact) mass is 550 g/mol. The van der Waals surface area contributed by atoms with Gasteiger partial charge < -0.3 is 10.6 Å². The summed E-state index contributed by atoms with van der Waals surface area (Å²) in [7, 11) is 0. The summed E-state index contributed by atoms with van der Waals surface area (Å²) < 4.78 is 1.96. The Kier molecular flexibility index (Phi) is 8.11. The fourth-order valence-electron chi connectivity index (χ4n) is 5.61. The first-order valence-electron chi connectivity index (χ1n) is 12.5. The lowest BCUT2D eigenvalue weighted by Crippen LogP contribution is -2.52. The van der Waals surface area contributed by atoms with Crippen LogP contribution in [-0.2, 0) is 6.42 Å². The number of hydrogen-bond donors (Lipinski definition) is 1. The standard InChI is InChI=1S/C29H30N6O.2ClH/c1-19-9-10-23-24(32-19)6-4-7-25(23)34-16-15-33(20(2)17-34)14-13-21-5-3-8-26-22(21)11-12-27-28(29(30)36)31-18-35(26)27;;/h3-12,18,20H,13-17H2,1-2H3,(H2,30,36);2*1H/t20-;;/m1../s1. The molecule has 38 heavy (non-hydrogen) atoms. The number of halogens is 2. The molecule has 2 N–H and O–H groups in total. The third kappa shape index (κ3) is 4.89. The van der Waals surface area contributed by atoms with Crippen LogP contribution in [-0.4, -0.2) is 57.4 Å². The van der Waals surface area contributed by atoms with Crippen molar-refractivity contribution in [2.45, 2.75) is 26.3 Å². The second-order valence-electron chi connectivity index (χ2n) is 9.77. The number of nitrogens with two attached hydrogens (primary N) is 1. The summed E-state index contributed by atoms with van der Waals surface area (Å²) in [6, 6.07) is 21.6. The Morgan fingerprint density at radius 3 is 2.55 bits per heavy atom. The van der Waals surface area contributed by atoms with E-state index in [1.807, 2.05) is 17.4 Å². The van der Waals surface area contributed by atoms with Crippen molar-refractivity contribution in [3.63, 3.8) is 0 Å². The summed E-state index contributed by atoms with van der Waals surface area (Å²) in [5, 5.41) is 2.41. The van der Waals surface area contributed by atoms with E-state index < -0.39 is 5.91 Å². The van der Waals surface area contributed by atoms with Crippen molar-refractivity contribution in [3.8, 4) is 0 Å². The highest BCUT2D eigenvalue weighted by atomic mass is 35.5. The number of pyridine rings is 2. The smallest absolute Gasteiger partial charge is 0.269 e. The summed E-state index contributed by atoms with van der Waals surface area (Å²) in [5.74, 6) is -0.504. The van der Waals surface area contributed by atoms with Gasteiger partial charge in [-0.25, -0.2) is 4.98 Å². The van der Waals surface area contributed by atoms with E-state index in [2.05, 4.69) is 76.3 Å². The van der Waals surface area contributed by atoms with Crippen molar-refractivity contribution < 1.29 is 4.79 Å². The van der Waals surface area contributed by atoms with Gasteiger partial charge in [0.05, 0.1) is 16.6 Å². The Balaban J connectivity index is 0.00000168. The topological polar surface area (TPSA) is 79.8 Å². The Labute approximate surface area is 234 Å². The number of fused-ring (bicyclic) bond motifs is 4. The third-order valence-corrected chi connectivity index (χ3v) is 7.50. The molecule has 9 heteroatoms. The number of rotatable bonds is 5. The quantitative estimate of drug-likeness (QED) is 0.331. The first-order valence-corrected chi connectivity index (χ1v) is 12.5. The van der Waals surface area contributed by atoms with E-state index in [0.29, 0.717) is 11.7 Å². The number of benzene rings is 2. The third-order valence-electron chi connectivity index (χ3n) is 7.50. The van der Waals surface area contributed by atoms with Crippen molar-refractivity contribution in [2.75, 3.05) is 31.1 Å². The molecule has 0 unspecified atom stereocenters. The molecule has 0 saturated carbocycles. The maximum atomic E-state index is 11.7. The average molecular weight is 552 g/mol. The molecule has 1 fully saturated rings. The molecule has 1 amide bonds. The maximum Gasteiger partial charge on any atom is 0.269 e. The second-order valence-corrected chi connectivity index (χ2v) is 9.77. The zero-order valence-corrected chi connectivity index (χ0v) is 23.1. The summed E-state index contributed by atoms with van der Waals surface area (Å²) >= 11 is 0. The van der Waals surface area contributed by atoms with E-state index in [0.717, 1.165) is 54.8 Å². The number of amides is 1. The van der Waals surface area contributed by atoms with Crippen molar-refractivity contribution in [1.82, 2.24) is 19.3 Å². The van der Waals surface area contributed by atoms with Crippen molar-refractivity contribution in [1.29, 1.82) is 0 Å². The Bertz CT molecular complexity index is 1620. The maximum absolute atomic E-state index is 11.7. The van der Waals surface area contributed by atoms with Crippen LogP contribution in [0.2, 0.25) is 0 Å². The van der Waals surface area contributed by atoms with Gasteiger partial charge in [-0.2, -0.15) is 0 Å². The molecule has 3 aromatic heterocycles. The average Bonchev–Trinajstić information content (AvgIpc) is 3.32. The van der Waals surface area contributed by atoms with Crippen LogP contribution >= 0.6 is 24.8 Å². The van der Waals surface area contributed by atoms with Crippen LogP contribution < -0.4 is 10.6 Å². The van der Waals surface area contributed by atoms with Gasteiger partial charge >= 0.3 is 0 Å². The number of carbonyl (C=O) groups is 1. The van der Waals surface area contributed by atoms with Crippen molar-refractivity contribution >= 4 is 63.7 Å². The van der Waals surface area contributed by atoms with Gasteiger partial charge in [-0.15, -0.1) is 24.8 Å². The van der Waals surface area contributed by atoms with Crippen LogP contribution in [0.5, 0.6) is 0 Å². The molecule has 0 spiro atoms. The number of piperazine rings is 1. The fraction of sp³-hybridized carbons (Fsp3) is 0.276. The van der Waals surface area contributed by atoms with Gasteiger partial charge in [-0.1, -0.05) is 24.3 Å². The molecule has 7 nitrogen and oxygen atoms in total. The molecule has 1 aliphatic heterocycles. The minimum absolute atomic E-state index is 0. The molecule has 5 aromatic rings. The number of hydrogen-bond acceptors (Lipinski definition) is 5. The largest absolute Gasteiger partial charge is 0.368 e. The molecule has 1 atom stereocenters. The van der Waals surface area contributed by atoms with Crippen LogP contribution in [0.3, 0.4) is 0 Å². The summed E-state index contributed by atoms with van der Waals surface area (Å²) in [6.07, 6.45) is 2.65. The molecule has 2 aromatic carbocycles. The van der Waals surface area contributed by atoms with Crippen LogP contribution in [0.1, 0.15) is 28.7 Å². The SMILES string of the molecule is Cc1ccc2c(N3CCN(CCc4cccc5c4ccc4c(C(N)=O)ncn45)[C@H](C)C3)cccc2n1.Cl.Cl. The molecular formula is C29H32Cl2N6O. The van der Waals surface area contributed by atoms with Gasteiger partial charge in [-0.3, -0.25) is 19.1 Å². The van der Waals surface area contributed by atoms with Crippen LogP contribution in [0.4, 0.5) is 5.69 Å². The minimum Gasteiger partial charge on any atom is -0.368 e. The molecular weight excluding hydrogens is 519 g/mol. The Morgan fingerprint density at radius 1 is 0.974 bits per heavy atom. The molecule has 0 radical (unpaired) electrons. The number of imidazole rings is 1. The first kappa shape index (κ1) is 27.6. The number of primary amides is 1. The van der Waals surface area contributed by atoms with Crippen molar-refractivity contribution in [3.05, 3.63) is 83.9 Å². The van der Waals surface area contributed by atoms with Gasteiger partial charge in [0.25, 0.3) is 5.91 Å². The van der Waals surface area contributed by atoms with Gasteiger partial charge in [-0.05, 0) is 62.2 Å². The molecule has 4 heterocycles. The van der Waals surface area contributed by atoms with Gasteiger partial charge in [0.15, 0.2) is 5.69 Å². The lowest BCUT2D eigenvalue weighted by Gasteiger charge is -2.41. The van der Waals surface area contributed by atoms with Gasteiger partial charge in [0, 0.05) is 54.4 Å². The first-order chi connectivity index (χ1) is 17.5. The summed E-state index contributed by atoms with van der Waals surface area (Å²) in [4.78, 5) is 25.8. The number of carbonyl (C=O) groups excluding carboxylic acids is 1. The normalized spacial score (nSPS) is 15.9.